The zero-order chi connectivity index (χ0) is 22.3. The summed E-state index contributed by atoms with van der Waals surface area (Å²) in [6, 6.07) is 13.8. The third-order valence-electron chi connectivity index (χ3n) is 4.65. The van der Waals surface area contributed by atoms with Gasteiger partial charge < -0.3 is 0 Å². The predicted octanol–water partition coefficient (Wildman–Crippen LogP) is 6.72. The second kappa shape index (κ2) is 8.18. The van der Waals surface area contributed by atoms with Crippen LogP contribution in [0.3, 0.4) is 0 Å². The number of nitrogens with one attached hydrogen (secondary N) is 1. The molecule has 4 rings (SSSR count). The van der Waals surface area contributed by atoms with E-state index in [1.807, 2.05) is 24.3 Å². The lowest BCUT2D eigenvalue weighted by Crippen LogP contribution is -2.20. The van der Waals surface area contributed by atoms with Crippen molar-refractivity contribution >= 4 is 50.3 Å². The third-order valence-corrected chi connectivity index (χ3v) is 6.49. The average molecular weight is 484 g/mol. The highest BCUT2D eigenvalue weighted by Gasteiger charge is 2.39. The molecule has 0 aliphatic heterocycles. The van der Waals surface area contributed by atoms with E-state index in [9.17, 15) is 18.0 Å². The van der Waals surface area contributed by atoms with Crippen molar-refractivity contribution in [3.63, 3.8) is 0 Å². The first kappa shape index (κ1) is 21.7. The Morgan fingerprint density at radius 2 is 1.87 bits per heavy atom. The molecule has 0 atom stereocenters. The van der Waals surface area contributed by atoms with Crippen molar-refractivity contribution in [2.24, 2.45) is 4.99 Å². The Morgan fingerprint density at radius 3 is 2.55 bits per heavy atom. The summed E-state index contributed by atoms with van der Waals surface area (Å²) in [5.41, 5.74) is -1.83. The number of H-pyrrole nitrogens is 1. The van der Waals surface area contributed by atoms with Gasteiger partial charge in [0.2, 0.25) is 0 Å². The normalized spacial score (nSPS) is 12.6. The number of alkyl halides is 3. The molecular weight excluding hydrogens is 470 g/mol. The smallest absolute Gasteiger partial charge is 0.285 e. The molecule has 2 heterocycles. The number of hydrogen-bond donors (Lipinski definition) is 1. The first-order valence-corrected chi connectivity index (χ1v) is 10.6. The molecule has 0 radical (unpaired) electrons. The highest BCUT2D eigenvalue weighted by molar-refractivity contribution is 7.21. The summed E-state index contributed by atoms with van der Waals surface area (Å²) in [5, 5.41) is 4.11. The molecule has 0 aliphatic rings. The summed E-state index contributed by atoms with van der Waals surface area (Å²) < 4.78 is 42.9. The lowest BCUT2D eigenvalue weighted by Gasteiger charge is -2.06. The number of nitrogens with zero attached hydrogens (tertiary/aromatic N) is 2. The molecule has 2 aromatic carbocycles. The minimum absolute atomic E-state index is 0.0282. The Balaban J connectivity index is 1.78. The van der Waals surface area contributed by atoms with Crippen molar-refractivity contribution in [3.8, 4) is 5.00 Å². The van der Waals surface area contributed by atoms with Crippen molar-refractivity contribution < 1.29 is 13.2 Å². The van der Waals surface area contributed by atoms with Crippen LogP contribution < -0.4 is 5.56 Å². The molecule has 1 N–H and O–H groups in total. The quantitative estimate of drug-likeness (QED) is 0.322. The molecule has 0 bridgehead atoms. The molecule has 0 fully saturated rings. The first-order valence-electron chi connectivity index (χ1n) is 9.01. The van der Waals surface area contributed by atoms with Crippen LogP contribution >= 0.6 is 34.5 Å². The van der Waals surface area contributed by atoms with Gasteiger partial charge in [-0.25, -0.2) is 4.68 Å². The Bertz CT molecular complexity index is 1340. The summed E-state index contributed by atoms with van der Waals surface area (Å²) in [4.78, 5) is 17.2. The topological polar surface area (TPSA) is 50.1 Å². The van der Waals surface area contributed by atoms with Gasteiger partial charge in [-0.1, -0.05) is 47.5 Å². The van der Waals surface area contributed by atoms with E-state index in [1.165, 1.54) is 18.3 Å². The van der Waals surface area contributed by atoms with Gasteiger partial charge in [-0.3, -0.25) is 14.9 Å². The second-order valence-corrected chi connectivity index (χ2v) is 8.65. The maximum atomic E-state index is 13.7. The summed E-state index contributed by atoms with van der Waals surface area (Å²) in [5.74, 6) is 0. The zero-order valence-electron chi connectivity index (χ0n) is 15.9. The standard InChI is InChI=1S/C21H14Cl2F3N3OS/c1-11(27-10-12-6-7-14(22)15(23)8-12)18-19(21(24,25)26)28-29(20(18)30)17-9-13-4-2-3-5-16(13)31-17/h2-9,28H,10H2,1H3. The van der Waals surface area contributed by atoms with Crippen molar-refractivity contribution in [3.05, 3.63) is 85.8 Å². The van der Waals surface area contributed by atoms with E-state index in [4.69, 9.17) is 23.2 Å². The lowest BCUT2D eigenvalue weighted by molar-refractivity contribution is -0.141. The Kier molecular flexibility index (Phi) is 5.72. The van der Waals surface area contributed by atoms with E-state index in [0.29, 0.717) is 20.6 Å². The van der Waals surface area contributed by atoms with Crippen LogP contribution in [-0.4, -0.2) is 15.5 Å². The van der Waals surface area contributed by atoms with Gasteiger partial charge in [-0.05, 0) is 42.1 Å². The largest absolute Gasteiger partial charge is 0.433 e. The fourth-order valence-electron chi connectivity index (χ4n) is 3.14. The molecule has 10 heteroatoms. The maximum Gasteiger partial charge on any atom is 0.433 e. The molecule has 0 saturated carbocycles. The third kappa shape index (κ3) is 4.28. The number of aliphatic imine (C=N–C) groups is 1. The van der Waals surface area contributed by atoms with Crippen molar-refractivity contribution in [1.29, 1.82) is 0 Å². The molecule has 2 aromatic heterocycles. The Hall–Kier alpha value is -2.55. The molecule has 4 nitrogen and oxygen atoms in total. The zero-order valence-corrected chi connectivity index (χ0v) is 18.3. The highest BCUT2D eigenvalue weighted by Crippen LogP contribution is 2.32. The molecule has 0 aliphatic carbocycles. The number of benzene rings is 2. The maximum absolute atomic E-state index is 13.7. The number of halogens is 5. The lowest BCUT2D eigenvalue weighted by atomic mass is 10.1. The second-order valence-electron chi connectivity index (χ2n) is 6.77. The molecule has 160 valence electrons. The predicted molar refractivity (Wildman–Crippen MR) is 119 cm³/mol. The molecule has 0 spiro atoms. The fourth-order valence-corrected chi connectivity index (χ4v) is 4.48. The van der Waals surface area contributed by atoms with E-state index in [-0.39, 0.29) is 12.3 Å². The number of hydrogen-bond acceptors (Lipinski definition) is 3. The Labute approximate surface area is 188 Å². The number of aromatic amines is 1. The van der Waals surface area contributed by atoms with Crippen molar-refractivity contribution in [2.75, 3.05) is 0 Å². The van der Waals surface area contributed by atoms with E-state index >= 15 is 0 Å². The summed E-state index contributed by atoms with van der Waals surface area (Å²) in [7, 11) is 0. The van der Waals surface area contributed by atoms with Gasteiger partial charge in [0.05, 0.1) is 22.2 Å². The van der Waals surface area contributed by atoms with Gasteiger partial charge in [0.1, 0.15) is 5.00 Å². The van der Waals surface area contributed by atoms with Crippen molar-refractivity contribution in [2.45, 2.75) is 19.6 Å². The van der Waals surface area contributed by atoms with Crippen molar-refractivity contribution in [1.82, 2.24) is 9.78 Å². The van der Waals surface area contributed by atoms with Gasteiger partial charge >= 0.3 is 6.18 Å². The van der Waals surface area contributed by atoms with Crippen LogP contribution in [-0.2, 0) is 12.7 Å². The van der Waals surface area contributed by atoms with E-state index in [1.54, 1.807) is 24.3 Å². The van der Waals surface area contributed by atoms with Crippen LogP contribution in [0.5, 0.6) is 0 Å². The number of fused-ring (bicyclic) bond motifs is 1. The molecular formula is C21H14Cl2F3N3OS. The minimum atomic E-state index is -4.75. The van der Waals surface area contributed by atoms with Gasteiger partial charge in [-0.2, -0.15) is 13.2 Å². The van der Waals surface area contributed by atoms with Crippen LogP contribution in [0, 0.1) is 0 Å². The first-order chi connectivity index (χ1) is 14.6. The van der Waals surface area contributed by atoms with E-state index in [0.717, 1.165) is 14.8 Å². The number of aromatic nitrogens is 2. The van der Waals surface area contributed by atoms with Crippen LogP contribution in [0.4, 0.5) is 13.2 Å². The Morgan fingerprint density at radius 1 is 1.13 bits per heavy atom. The summed E-state index contributed by atoms with van der Waals surface area (Å²) in [6.45, 7) is 1.43. The molecule has 31 heavy (non-hydrogen) atoms. The monoisotopic (exact) mass is 483 g/mol. The average Bonchev–Trinajstić information content (AvgIpc) is 3.29. The van der Waals surface area contributed by atoms with E-state index < -0.39 is 23.0 Å². The summed E-state index contributed by atoms with van der Waals surface area (Å²) >= 11 is 13.1. The van der Waals surface area contributed by atoms with E-state index in [2.05, 4.69) is 10.1 Å². The van der Waals surface area contributed by atoms with Crippen LogP contribution in [0.15, 0.2) is 58.3 Å². The van der Waals surface area contributed by atoms with Crippen LogP contribution in [0.25, 0.3) is 15.1 Å². The van der Waals surface area contributed by atoms with Gasteiger partial charge in [0.15, 0.2) is 5.69 Å². The number of rotatable bonds is 4. The summed E-state index contributed by atoms with van der Waals surface area (Å²) in [6.07, 6.45) is -4.75. The minimum Gasteiger partial charge on any atom is -0.285 e. The van der Waals surface area contributed by atoms with Crippen LogP contribution in [0.2, 0.25) is 10.0 Å². The van der Waals surface area contributed by atoms with Gasteiger partial charge in [0, 0.05) is 10.4 Å². The molecule has 0 amide bonds. The van der Waals surface area contributed by atoms with Crippen LogP contribution in [0.1, 0.15) is 23.7 Å². The SMILES string of the molecule is CC(=NCc1ccc(Cl)c(Cl)c1)c1c(C(F)(F)F)[nH]n(-c2cc3ccccc3s2)c1=O. The molecule has 0 unspecified atom stereocenters. The van der Waals surface area contributed by atoms with Gasteiger partial charge in [0.25, 0.3) is 5.56 Å². The molecule has 0 saturated heterocycles. The molecule has 4 aromatic rings. The number of thiophene rings is 1. The fraction of sp³-hybridized carbons (Fsp3) is 0.143. The van der Waals surface area contributed by atoms with Gasteiger partial charge in [-0.15, -0.1) is 11.3 Å². The highest BCUT2D eigenvalue weighted by atomic mass is 35.5.